The van der Waals surface area contributed by atoms with Crippen LogP contribution in [0.4, 0.5) is 0 Å². The van der Waals surface area contributed by atoms with E-state index in [4.69, 9.17) is 18.0 Å². The van der Waals surface area contributed by atoms with Gasteiger partial charge in [-0.25, -0.2) is 4.79 Å². The molecule has 0 saturated heterocycles. The van der Waals surface area contributed by atoms with E-state index in [0.29, 0.717) is 24.6 Å². The van der Waals surface area contributed by atoms with Crippen LogP contribution in [0.5, 0.6) is 0 Å². The quantitative estimate of drug-likeness (QED) is 0.270. The van der Waals surface area contributed by atoms with Crippen molar-refractivity contribution in [3.05, 3.63) is 12.2 Å². The van der Waals surface area contributed by atoms with Gasteiger partial charge >= 0.3 is 14.8 Å². The standard InChI is InChI=1S/C10H20O5Si.BH3/c1-9(2)10(11)15-7-6-8-16(12-3,13-4)14-5;/h1,6-8H2,2-5H3;1H3. The van der Waals surface area contributed by atoms with E-state index in [0.717, 1.165) is 0 Å². The summed E-state index contributed by atoms with van der Waals surface area (Å²) in [4.78, 5) is 11.1. The molecule has 0 aromatic rings. The van der Waals surface area contributed by atoms with Crippen molar-refractivity contribution in [3.8, 4) is 0 Å². The van der Waals surface area contributed by atoms with E-state index >= 15 is 0 Å². The maximum absolute atomic E-state index is 11.1. The molecule has 0 fully saturated rings. The summed E-state index contributed by atoms with van der Waals surface area (Å²) >= 11 is 0. The molecule has 0 aliphatic rings. The topological polar surface area (TPSA) is 54.0 Å². The van der Waals surface area contributed by atoms with Crippen LogP contribution in [0.25, 0.3) is 0 Å². The second kappa shape index (κ2) is 9.41. The smallest absolute Gasteiger partial charge is 0.462 e. The van der Waals surface area contributed by atoms with Crippen molar-refractivity contribution in [3.63, 3.8) is 0 Å². The zero-order valence-electron chi connectivity index (χ0n) is 10.4. The Kier molecular flexibility index (Phi) is 10.4. The highest BCUT2D eigenvalue weighted by Gasteiger charge is 2.36. The normalized spacial score (nSPS) is 10.6. The third-order valence-corrected chi connectivity index (χ3v) is 4.97. The van der Waals surface area contributed by atoms with Crippen molar-refractivity contribution in [2.24, 2.45) is 0 Å². The number of rotatable bonds is 8. The highest BCUT2D eigenvalue weighted by molar-refractivity contribution is 6.60. The molecular weight excluding hydrogens is 239 g/mol. The highest BCUT2D eigenvalue weighted by atomic mass is 28.4. The van der Waals surface area contributed by atoms with Gasteiger partial charge in [0.15, 0.2) is 0 Å². The first-order valence-electron chi connectivity index (χ1n) is 4.99. The van der Waals surface area contributed by atoms with E-state index in [1.54, 1.807) is 28.3 Å². The second-order valence-corrected chi connectivity index (χ2v) is 6.41. The molecule has 0 aromatic heterocycles. The summed E-state index contributed by atoms with van der Waals surface area (Å²) in [5.41, 5.74) is 0.397. The van der Waals surface area contributed by atoms with Crippen LogP contribution in [0.15, 0.2) is 12.2 Å². The van der Waals surface area contributed by atoms with E-state index in [2.05, 4.69) is 6.58 Å². The third-order valence-electron chi connectivity index (χ3n) is 2.14. The van der Waals surface area contributed by atoms with Crippen LogP contribution in [-0.4, -0.2) is 51.1 Å². The molecule has 17 heavy (non-hydrogen) atoms. The van der Waals surface area contributed by atoms with Crippen molar-refractivity contribution in [2.45, 2.75) is 19.4 Å². The van der Waals surface area contributed by atoms with E-state index in [1.165, 1.54) is 0 Å². The Hall–Kier alpha value is -0.628. The zero-order valence-corrected chi connectivity index (χ0v) is 11.4. The van der Waals surface area contributed by atoms with Gasteiger partial charge < -0.3 is 18.0 Å². The van der Waals surface area contributed by atoms with Crippen LogP contribution in [0.2, 0.25) is 6.04 Å². The monoisotopic (exact) mass is 262 g/mol. The van der Waals surface area contributed by atoms with Crippen molar-refractivity contribution < 1.29 is 22.8 Å². The fraction of sp³-hybridized carbons (Fsp3) is 0.700. The summed E-state index contributed by atoms with van der Waals surface area (Å²) in [5, 5.41) is 0. The Morgan fingerprint density at radius 2 is 1.65 bits per heavy atom. The molecule has 0 rings (SSSR count). The molecule has 0 aliphatic carbocycles. The number of ether oxygens (including phenoxy) is 1. The molecule has 5 nitrogen and oxygen atoms in total. The van der Waals surface area contributed by atoms with Gasteiger partial charge in [0, 0.05) is 32.9 Å². The Bertz CT molecular complexity index is 235. The molecule has 0 atom stereocenters. The number of esters is 1. The molecule has 0 saturated carbocycles. The van der Waals surface area contributed by atoms with E-state index in [1.807, 2.05) is 0 Å². The molecule has 0 spiro atoms. The SMILES string of the molecule is B.C=C(C)C(=O)OCCC[Si](OC)(OC)OC. The minimum Gasteiger partial charge on any atom is -0.462 e. The number of hydrogen-bond donors (Lipinski definition) is 0. The van der Waals surface area contributed by atoms with E-state index in [-0.39, 0.29) is 14.4 Å². The van der Waals surface area contributed by atoms with E-state index in [9.17, 15) is 4.79 Å². The molecule has 7 heteroatoms. The summed E-state index contributed by atoms with van der Waals surface area (Å²) in [6.07, 6.45) is 0.640. The summed E-state index contributed by atoms with van der Waals surface area (Å²) in [5.74, 6) is -0.375. The summed E-state index contributed by atoms with van der Waals surface area (Å²) in [7, 11) is 2.13. The predicted molar refractivity (Wildman–Crippen MR) is 71.9 cm³/mol. The minimum absolute atomic E-state index is 0. The average Bonchev–Trinajstić information content (AvgIpc) is 2.30. The molecule has 0 unspecified atom stereocenters. The lowest BCUT2D eigenvalue weighted by Gasteiger charge is -2.24. The maximum atomic E-state index is 11.1. The average molecular weight is 262 g/mol. The molecular formula is C10H23BO5Si. The maximum Gasteiger partial charge on any atom is 0.500 e. The van der Waals surface area contributed by atoms with Gasteiger partial charge in [-0.2, -0.15) is 0 Å². The Balaban J connectivity index is 0. The van der Waals surface area contributed by atoms with Crippen molar-refractivity contribution in [2.75, 3.05) is 27.9 Å². The van der Waals surface area contributed by atoms with Gasteiger partial charge in [-0.15, -0.1) is 0 Å². The predicted octanol–water partition coefficient (Wildman–Crippen LogP) is 0.190. The van der Waals surface area contributed by atoms with Gasteiger partial charge in [0.05, 0.1) is 15.0 Å². The molecule has 0 radical (unpaired) electrons. The zero-order chi connectivity index (χ0) is 12.6. The second-order valence-electron chi connectivity index (χ2n) is 3.32. The Morgan fingerprint density at radius 1 is 1.18 bits per heavy atom. The summed E-state index contributed by atoms with van der Waals surface area (Å²) < 4.78 is 20.6. The van der Waals surface area contributed by atoms with Gasteiger partial charge in [0.1, 0.15) is 0 Å². The molecule has 100 valence electrons. The highest BCUT2D eigenvalue weighted by Crippen LogP contribution is 2.14. The van der Waals surface area contributed by atoms with Crippen molar-refractivity contribution in [1.29, 1.82) is 0 Å². The van der Waals surface area contributed by atoms with Crippen LogP contribution in [-0.2, 0) is 22.8 Å². The lowest BCUT2D eigenvalue weighted by Crippen LogP contribution is -2.42. The fourth-order valence-electron chi connectivity index (χ4n) is 1.13. The molecule has 0 amide bonds. The van der Waals surface area contributed by atoms with Crippen LogP contribution in [0.1, 0.15) is 13.3 Å². The third kappa shape index (κ3) is 6.62. The number of hydrogen-bond acceptors (Lipinski definition) is 5. The van der Waals surface area contributed by atoms with Crippen LogP contribution in [0, 0.1) is 0 Å². The van der Waals surface area contributed by atoms with Crippen molar-refractivity contribution in [1.82, 2.24) is 0 Å². The van der Waals surface area contributed by atoms with Crippen LogP contribution >= 0.6 is 0 Å². The lowest BCUT2D eigenvalue weighted by atomic mass is 10.4. The first-order chi connectivity index (χ1) is 7.51. The lowest BCUT2D eigenvalue weighted by molar-refractivity contribution is -0.139. The largest absolute Gasteiger partial charge is 0.500 e. The molecule has 0 heterocycles. The molecule has 0 N–H and O–H groups in total. The summed E-state index contributed by atoms with van der Waals surface area (Å²) in [6, 6.07) is 0.611. The Morgan fingerprint density at radius 3 is 2.00 bits per heavy atom. The van der Waals surface area contributed by atoms with Crippen LogP contribution in [0.3, 0.4) is 0 Å². The molecule has 0 bridgehead atoms. The van der Waals surface area contributed by atoms with Crippen molar-refractivity contribution >= 4 is 23.2 Å². The van der Waals surface area contributed by atoms with Gasteiger partial charge in [0.25, 0.3) is 0 Å². The first kappa shape index (κ1) is 18.7. The fourth-order valence-corrected chi connectivity index (χ4v) is 2.82. The van der Waals surface area contributed by atoms with Gasteiger partial charge in [-0.1, -0.05) is 6.58 Å². The van der Waals surface area contributed by atoms with E-state index < -0.39 is 8.80 Å². The minimum atomic E-state index is -2.53. The molecule has 0 aliphatic heterocycles. The van der Waals surface area contributed by atoms with Gasteiger partial charge in [-0.05, 0) is 13.3 Å². The number of carbonyl (C=O) groups excluding carboxylic acids is 1. The van der Waals surface area contributed by atoms with Gasteiger partial charge in [0.2, 0.25) is 0 Å². The number of carbonyl (C=O) groups is 1. The first-order valence-corrected chi connectivity index (χ1v) is 6.92. The molecule has 0 aromatic carbocycles. The Labute approximate surface area is 106 Å². The van der Waals surface area contributed by atoms with Gasteiger partial charge in [-0.3, -0.25) is 0 Å². The summed E-state index contributed by atoms with van der Waals surface area (Å²) in [6.45, 7) is 5.42. The van der Waals surface area contributed by atoms with Crippen LogP contribution < -0.4 is 0 Å².